The second-order valence-electron chi connectivity index (χ2n) is 3.91. The second-order valence-corrected chi connectivity index (χ2v) is 5.82. The number of sulfonamides is 1. The highest BCUT2D eigenvalue weighted by Gasteiger charge is 2.30. The number of likely N-dealkylation sites (N-methyl/N-ethyl adjacent to an activating group) is 1. The average Bonchev–Trinajstić information content (AvgIpc) is 2.42. The molecule has 0 aromatic heterocycles. The van der Waals surface area contributed by atoms with Gasteiger partial charge in [0.15, 0.2) is 17.5 Å². The highest BCUT2D eigenvalue weighted by Crippen LogP contribution is 2.22. The van der Waals surface area contributed by atoms with Gasteiger partial charge in [-0.25, -0.2) is 21.6 Å². The number of halogens is 3. The normalized spacial score (nSPS) is 11.7. The van der Waals surface area contributed by atoms with Gasteiger partial charge in [-0.3, -0.25) is 4.79 Å². The van der Waals surface area contributed by atoms with Crippen LogP contribution >= 0.6 is 0 Å². The van der Waals surface area contributed by atoms with E-state index in [0.717, 1.165) is 0 Å². The number of rotatable bonds is 6. The lowest BCUT2D eigenvalue weighted by Crippen LogP contribution is -2.36. The first-order chi connectivity index (χ1) is 9.75. The molecule has 5 nitrogen and oxygen atoms in total. The molecule has 0 fully saturated rings. The number of benzene rings is 1. The van der Waals surface area contributed by atoms with Crippen molar-refractivity contribution in [3.05, 3.63) is 29.6 Å². The number of hydrogen-bond acceptors (Lipinski definition) is 4. The maximum absolute atomic E-state index is 13.6. The fourth-order valence-corrected chi connectivity index (χ4v) is 3.01. The van der Waals surface area contributed by atoms with Crippen molar-refractivity contribution in [3.63, 3.8) is 0 Å². The number of esters is 1. The van der Waals surface area contributed by atoms with Crippen molar-refractivity contribution in [2.75, 3.05) is 19.7 Å². The molecule has 118 valence electrons. The molecular formula is C12H14F3NO4S. The van der Waals surface area contributed by atoms with Crippen LogP contribution in [0.2, 0.25) is 0 Å². The molecule has 0 amide bonds. The van der Waals surface area contributed by atoms with Crippen molar-refractivity contribution < 1.29 is 31.1 Å². The molecule has 0 radical (unpaired) electrons. The Hall–Kier alpha value is -1.61. The van der Waals surface area contributed by atoms with Crippen molar-refractivity contribution in [2.24, 2.45) is 0 Å². The van der Waals surface area contributed by atoms with Gasteiger partial charge in [0.25, 0.3) is 0 Å². The predicted molar refractivity (Wildman–Crippen MR) is 67.4 cm³/mol. The van der Waals surface area contributed by atoms with E-state index in [1.54, 1.807) is 0 Å². The molecular weight excluding hydrogens is 311 g/mol. The largest absolute Gasteiger partial charge is 0.465 e. The van der Waals surface area contributed by atoms with E-state index in [-0.39, 0.29) is 13.2 Å². The molecule has 1 aromatic carbocycles. The summed E-state index contributed by atoms with van der Waals surface area (Å²) in [5.41, 5.74) is 0. The van der Waals surface area contributed by atoms with Crippen LogP contribution in [-0.2, 0) is 19.6 Å². The average molecular weight is 325 g/mol. The Bertz CT molecular complexity index is 634. The summed E-state index contributed by atoms with van der Waals surface area (Å²) in [6.07, 6.45) is 0. The summed E-state index contributed by atoms with van der Waals surface area (Å²) >= 11 is 0. The lowest BCUT2D eigenvalue weighted by Gasteiger charge is -2.19. The Balaban J connectivity index is 3.19. The monoisotopic (exact) mass is 325 g/mol. The molecule has 0 saturated heterocycles. The fraction of sp³-hybridized carbons (Fsp3) is 0.417. The van der Waals surface area contributed by atoms with Gasteiger partial charge in [0.05, 0.1) is 6.61 Å². The van der Waals surface area contributed by atoms with E-state index in [4.69, 9.17) is 0 Å². The number of nitrogens with zero attached hydrogens (tertiary/aromatic N) is 1. The van der Waals surface area contributed by atoms with Gasteiger partial charge in [0.2, 0.25) is 10.0 Å². The Morgan fingerprint density at radius 3 is 2.33 bits per heavy atom. The lowest BCUT2D eigenvalue weighted by atomic mass is 10.3. The first-order valence-electron chi connectivity index (χ1n) is 6.04. The quantitative estimate of drug-likeness (QED) is 0.590. The molecule has 0 atom stereocenters. The van der Waals surface area contributed by atoms with Crippen LogP contribution in [0.4, 0.5) is 13.2 Å². The zero-order chi connectivity index (χ0) is 16.2. The Morgan fingerprint density at radius 1 is 1.19 bits per heavy atom. The Kier molecular flexibility index (Phi) is 5.73. The summed E-state index contributed by atoms with van der Waals surface area (Å²) in [5, 5.41) is 0. The van der Waals surface area contributed by atoms with Crippen LogP contribution < -0.4 is 0 Å². The van der Waals surface area contributed by atoms with Crippen molar-refractivity contribution in [1.29, 1.82) is 0 Å². The molecule has 0 heterocycles. The van der Waals surface area contributed by atoms with E-state index < -0.39 is 44.9 Å². The Morgan fingerprint density at radius 2 is 1.81 bits per heavy atom. The highest BCUT2D eigenvalue weighted by atomic mass is 32.2. The zero-order valence-corrected chi connectivity index (χ0v) is 12.2. The number of carbonyl (C=O) groups excluding carboxylic acids is 1. The first-order valence-corrected chi connectivity index (χ1v) is 7.48. The third kappa shape index (κ3) is 3.73. The summed E-state index contributed by atoms with van der Waals surface area (Å²) < 4.78 is 69.2. The molecule has 0 spiro atoms. The van der Waals surface area contributed by atoms with Crippen molar-refractivity contribution in [2.45, 2.75) is 18.7 Å². The first kappa shape index (κ1) is 17.4. The van der Waals surface area contributed by atoms with E-state index in [9.17, 15) is 26.4 Å². The van der Waals surface area contributed by atoms with Crippen LogP contribution in [0.25, 0.3) is 0 Å². The second kappa shape index (κ2) is 6.90. The molecule has 21 heavy (non-hydrogen) atoms. The van der Waals surface area contributed by atoms with Crippen LogP contribution in [0, 0.1) is 17.5 Å². The van der Waals surface area contributed by atoms with Crippen molar-refractivity contribution in [3.8, 4) is 0 Å². The zero-order valence-electron chi connectivity index (χ0n) is 11.4. The van der Waals surface area contributed by atoms with Crippen LogP contribution in [-0.4, -0.2) is 38.4 Å². The minimum Gasteiger partial charge on any atom is -0.465 e. The predicted octanol–water partition coefficient (Wildman–Crippen LogP) is 1.68. The maximum Gasteiger partial charge on any atom is 0.321 e. The topological polar surface area (TPSA) is 63.7 Å². The van der Waals surface area contributed by atoms with Crippen LogP contribution in [0.15, 0.2) is 17.0 Å². The minimum atomic E-state index is -4.48. The molecule has 0 bridgehead atoms. The molecule has 0 aliphatic heterocycles. The molecule has 0 saturated carbocycles. The molecule has 1 aromatic rings. The van der Waals surface area contributed by atoms with E-state index in [2.05, 4.69) is 4.74 Å². The van der Waals surface area contributed by atoms with E-state index in [0.29, 0.717) is 16.4 Å². The smallest absolute Gasteiger partial charge is 0.321 e. The third-order valence-electron chi connectivity index (χ3n) is 2.58. The summed E-state index contributed by atoms with van der Waals surface area (Å²) in [4.78, 5) is 10.3. The number of hydrogen-bond donors (Lipinski definition) is 0. The van der Waals surface area contributed by atoms with Gasteiger partial charge in [-0.1, -0.05) is 6.92 Å². The minimum absolute atomic E-state index is 0.0516. The molecule has 0 aliphatic rings. The molecule has 0 aliphatic carbocycles. The molecule has 0 unspecified atom stereocenters. The third-order valence-corrected chi connectivity index (χ3v) is 4.52. The Labute approximate surface area is 120 Å². The van der Waals surface area contributed by atoms with Gasteiger partial charge in [-0.15, -0.1) is 0 Å². The number of ether oxygens (including phenoxy) is 1. The molecule has 0 N–H and O–H groups in total. The van der Waals surface area contributed by atoms with Crippen molar-refractivity contribution >= 4 is 16.0 Å². The van der Waals surface area contributed by atoms with Gasteiger partial charge >= 0.3 is 5.97 Å². The van der Waals surface area contributed by atoms with E-state index >= 15 is 0 Å². The standard InChI is InChI=1S/C12H14F3NO4S/c1-3-16(7-10(17)20-4-2)21(18,19)9-6-5-8(13)11(14)12(9)15/h5-6H,3-4,7H2,1-2H3. The van der Waals surface area contributed by atoms with Gasteiger partial charge in [0, 0.05) is 6.54 Å². The summed E-state index contributed by atoms with van der Waals surface area (Å²) in [5.74, 6) is -6.04. The SMILES string of the molecule is CCOC(=O)CN(CC)S(=O)(=O)c1ccc(F)c(F)c1F. The highest BCUT2D eigenvalue weighted by molar-refractivity contribution is 7.89. The van der Waals surface area contributed by atoms with Gasteiger partial charge in [-0.2, -0.15) is 4.31 Å². The van der Waals surface area contributed by atoms with Crippen molar-refractivity contribution in [1.82, 2.24) is 4.31 Å². The van der Waals surface area contributed by atoms with Crippen LogP contribution in [0.5, 0.6) is 0 Å². The van der Waals surface area contributed by atoms with Gasteiger partial charge in [-0.05, 0) is 19.1 Å². The maximum atomic E-state index is 13.6. The number of carbonyl (C=O) groups is 1. The summed E-state index contributed by atoms with van der Waals surface area (Å²) in [6.45, 7) is 2.19. The summed E-state index contributed by atoms with van der Waals surface area (Å²) in [6, 6.07) is 1.11. The summed E-state index contributed by atoms with van der Waals surface area (Å²) in [7, 11) is -4.48. The van der Waals surface area contributed by atoms with Crippen LogP contribution in [0.1, 0.15) is 13.8 Å². The van der Waals surface area contributed by atoms with E-state index in [1.165, 1.54) is 13.8 Å². The fourth-order valence-electron chi connectivity index (χ4n) is 1.56. The molecule has 1 rings (SSSR count). The lowest BCUT2D eigenvalue weighted by molar-refractivity contribution is -0.143. The van der Waals surface area contributed by atoms with Gasteiger partial charge in [0.1, 0.15) is 11.4 Å². The van der Waals surface area contributed by atoms with Crippen LogP contribution in [0.3, 0.4) is 0 Å². The van der Waals surface area contributed by atoms with E-state index in [1.807, 2.05) is 0 Å². The molecule has 9 heteroatoms. The van der Waals surface area contributed by atoms with Gasteiger partial charge < -0.3 is 4.74 Å².